The van der Waals surface area contributed by atoms with Crippen molar-refractivity contribution in [2.24, 2.45) is 0 Å². The number of hydrogen-bond donors (Lipinski definition) is 0. The molecule has 6 rings (SSSR count). The zero-order valence-electron chi connectivity index (χ0n) is 25.6. The molecule has 4 aromatic rings. The Morgan fingerprint density at radius 3 is 2.42 bits per heavy atom. The Kier molecular flexibility index (Phi) is 9.20. The summed E-state index contributed by atoms with van der Waals surface area (Å²) in [6.07, 6.45) is 3.99. The van der Waals surface area contributed by atoms with Crippen LogP contribution < -0.4 is 19.9 Å². The normalized spacial score (nSPS) is 16.6. The van der Waals surface area contributed by atoms with E-state index in [0.717, 1.165) is 30.8 Å². The van der Waals surface area contributed by atoms with Crippen LogP contribution in [0.1, 0.15) is 22.3 Å². The van der Waals surface area contributed by atoms with E-state index in [9.17, 15) is 9.59 Å². The quantitative estimate of drug-likeness (QED) is 0.189. The molecule has 2 aliphatic rings. The number of piperazine rings is 1. The van der Waals surface area contributed by atoms with Gasteiger partial charge in [0.15, 0.2) is 11.5 Å². The number of nitrogens with zero attached hydrogens (tertiary/aromatic N) is 5. The highest BCUT2D eigenvalue weighted by atomic mass is 32.2. The molecule has 1 amide bonds. The van der Waals surface area contributed by atoms with E-state index in [2.05, 4.69) is 34.1 Å². The number of amides is 1. The lowest BCUT2D eigenvalue weighted by Crippen LogP contribution is -2.47. The molecule has 11 heteroatoms. The third kappa shape index (κ3) is 6.47. The molecule has 0 aliphatic carbocycles. The van der Waals surface area contributed by atoms with E-state index in [1.165, 1.54) is 17.3 Å². The Morgan fingerprint density at radius 1 is 0.933 bits per heavy atom. The Balaban J connectivity index is 1.26. The number of carbonyl (C=O) groups is 1. The fraction of sp³-hybridized carbons (Fsp3) is 0.294. The third-order valence-corrected chi connectivity index (χ3v) is 9.58. The van der Waals surface area contributed by atoms with E-state index in [-0.39, 0.29) is 11.5 Å². The van der Waals surface area contributed by atoms with Crippen LogP contribution in [0.4, 0.5) is 5.82 Å². The maximum Gasteiger partial charge on any atom is 0.267 e. The molecule has 2 saturated heterocycles. The number of anilines is 1. The number of thioether (sulfide) groups is 1. The summed E-state index contributed by atoms with van der Waals surface area (Å²) >= 11 is 6.85. The standard InChI is InChI=1S/C34H35N5O4S2/c1-23-8-7-14-38-30(23)35-31(37-18-16-36(17-19-37)22-25-9-5-4-6-10-25)26(32(38)40)21-29-33(41)39(34(44)45-29)15-13-24-11-12-27(42-2)28(20-24)43-3/h4-12,14,20-21H,13,15-19,22H2,1-3H3/b29-21+. The van der Waals surface area contributed by atoms with Crippen LogP contribution >= 0.6 is 24.0 Å². The molecule has 2 aromatic heterocycles. The smallest absolute Gasteiger partial charge is 0.267 e. The van der Waals surface area contributed by atoms with Crippen LogP contribution in [0.15, 0.2) is 76.6 Å². The molecule has 0 bridgehead atoms. The molecule has 0 radical (unpaired) electrons. The second-order valence-electron chi connectivity index (χ2n) is 11.1. The summed E-state index contributed by atoms with van der Waals surface area (Å²) < 4.78 is 12.8. The van der Waals surface area contributed by atoms with Crippen LogP contribution in [0, 0.1) is 6.92 Å². The number of rotatable bonds is 9. The van der Waals surface area contributed by atoms with Crippen LogP contribution in [0.2, 0.25) is 0 Å². The minimum absolute atomic E-state index is 0.207. The van der Waals surface area contributed by atoms with Gasteiger partial charge in [0.25, 0.3) is 11.5 Å². The highest BCUT2D eigenvalue weighted by molar-refractivity contribution is 8.26. The van der Waals surface area contributed by atoms with E-state index < -0.39 is 0 Å². The van der Waals surface area contributed by atoms with Gasteiger partial charge >= 0.3 is 0 Å². The molecule has 232 valence electrons. The van der Waals surface area contributed by atoms with Crippen LogP contribution in [0.25, 0.3) is 11.7 Å². The molecule has 4 heterocycles. The van der Waals surface area contributed by atoms with E-state index >= 15 is 0 Å². The molecular formula is C34H35N5O4S2. The molecule has 0 N–H and O–H groups in total. The molecule has 2 aliphatic heterocycles. The average Bonchev–Trinajstić information content (AvgIpc) is 3.33. The second-order valence-corrected chi connectivity index (χ2v) is 12.7. The number of pyridine rings is 1. The van der Waals surface area contributed by atoms with Crippen molar-refractivity contribution in [3.05, 3.63) is 104 Å². The first-order chi connectivity index (χ1) is 21.9. The van der Waals surface area contributed by atoms with Crippen LogP contribution in [0.3, 0.4) is 0 Å². The number of aryl methyl sites for hydroxylation is 1. The summed E-state index contributed by atoms with van der Waals surface area (Å²) in [5.41, 5.74) is 3.98. The summed E-state index contributed by atoms with van der Waals surface area (Å²) in [5.74, 6) is 1.67. The zero-order chi connectivity index (χ0) is 31.5. The summed E-state index contributed by atoms with van der Waals surface area (Å²) in [6.45, 7) is 6.33. The van der Waals surface area contributed by atoms with Crippen LogP contribution in [-0.4, -0.2) is 76.4 Å². The molecule has 45 heavy (non-hydrogen) atoms. The summed E-state index contributed by atoms with van der Waals surface area (Å²) in [5, 5.41) is 0. The number of benzene rings is 2. The van der Waals surface area contributed by atoms with Crippen molar-refractivity contribution in [3.63, 3.8) is 0 Å². The number of aromatic nitrogens is 2. The van der Waals surface area contributed by atoms with Gasteiger partial charge in [-0.2, -0.15) is 0 Å². The Bertz CT molecular complexity index is 1830. The van der Waals surface area contributed by atoms with Crippen molar-refractivity contribution >= 4 is 51.7 Å². The van der Waals surface area contributed by atoms with Gasteiger partial charge in [-0.3, -0.25) is 23.8 Å². The van der Waals surface area contributed by atoms with Gasteiger partial charge < -0.3 is 14.4 Å². The minimum Gasteiger partial charge on any atom is -0.493 e. The number of ether oxygens (including phenoxy) is 2. The lowest BCUT2D eigenvalue weighted by atomic mass is 10.1. The monoisotopic (exact) mass is 641 g/mol. The largest absolute Gasteiger partial charge is 0.493 e. The molecule has 0 saturated carbocycles. The van der Waals surface area contributed by atoms with Gasteiger partial charge in [0.05, 0.1) is 24.7 Å². The molecule has 9 nitrogen and oxygen atoms in total. The second kappa shape index (κ2) is 13.4. The van der Waals surface area contributed by atoms with Gasteiger partial charge in [-0.05, 0) is 54.3 Å². The van der Waals surface area contributed by atoms with Crippen molar-refractivity contribution < 1.29 is 14.3 Å². The van der Waals surface area contributed by atoms with Gasteiger partial charge in [-0.1, -0.05) is 66.4 Å². The van der Waals surface area contributed by atoms with E-state index in [1.807, 2.05) is 43.3 Å². The van der Waals surface area contributed by atoms with E-state index in [0.29, 0.717) is 63.8 Å². The van der Waals surface area contributed by atoms with Crippen molar-refractivity contribution in [3.8, 4) is 11.5 Å². The Morgan fingerprint density at radius 2 is 1.69 bits per heavy atom. The molecule has 0 atom stereocenters. The molecule has 2 fully saturated rings. The maximum absolute atomic E-state index is 14.0. The summed E-state index contributed by atoms with van der Waals surface area (Å²) in [6, 6.07) is 19.9. The number of hydrogen-bond acceptors (Lipinski definition) is 9. The van der Waals surface area contributed by atoms with Crippen molar-refractivity contribution in [2.75, 3.05) is 51.8 Å². The Labute approximate surface area is 272 Å². The first-order valence-electron chi connectivity index (χ1n) is 14.9. The number of fused-ring (bicyclic) bond motifs is 1. The van der Waals surface area contributed by atoms with Crippen molar-refractivity contribution in [2.45, 2.75) is 19.9 Å². The molecule has 0 unspecified atom stereocenters. The zero-order valence-corrected chi connectivity index (χ0v) is 27.2. The number of methoxy groups -OCH3 is 2. The highest BCUT2D eigenvalue weighted by Gasteiger charge is 2.33. The van der Waals surface area contributed by atoms with Gasteiger partial charge in [0.1, 0.15) is 15.8 Å². The van der Waals surface area contributed by atoms with Crippen LogP contribution in [-0.2, 0) is 17.8 Å². The highest BCUT2D eigenvalue weighted by Crippen LogP contribution is 2.34. The number of carbonyl (C=O) groups excluding carboxylic acids is 1. The molecule has 2 aromatic carbocycles. The topological polar surface area (TPSA) is 79.6 Å². The maximum atomic E-state index is 14.0. The van der Waals surface area contributed by atoms with Gasteiger partial charge in [-0.25, -0.2) is 4.98 Å². The van der Waals surface area contributed by atoms with Crippen molar-refractivity contribution in [1.82, 2.24) is 19.2 Å². The van der Waals surface area contributed by atoms with Gasteiger partial charge in [0, 0.05) is 45.5 Å². The predicted octanol–water partition coefficient (Wildman–Crippen LogP) is 4.79. The summed E-state index contributed by atoms with van der Waals surface area (Å²) in [4.78, 5) is 39.2. The lowest BCUT2D eigenvalue weighted by Gasteiger charge is -2.36. The molecular weight excluding hydrogens is 607 g/mol. The van der Waals surface area contributed by atoms with Crippen LogP contribution in [0.5, 0.6) is 11.5 Å². The van der Waals surface area contributed by atoms with E-state index in [1.54, 1.807) is 35.8 Å². The fourth-order valence-corrected chi connectivity index (χ4v) is 7.02. The Hall–Kier alpha value is -4.19. The molecule has 0 spiro atoms. The fourth-order valence-electron chi connectivity index (χ4n) is 5.73. The first kappa shape index (κ1) is 30.8. The predicted molar refractivity (Wildman–Crippen MR) is 183 cm³/mol. The SMILES string of the molecule is COc1ccc(CCN2C(=O)/C(=C\c3c(N4CCN(Cc5ccccc5)CC4)nc4c(C)cccn4c3=O)SC2=S)cc1OC. The van der Waals surface area contributed by atoms with Gasteiger partial charge in [0.2, 0.25) is 0 Å². The lowest BCUT2D eigenvalue weighted by molar-refractivity contribution is -0.122. The minimum atomic E-state index is -0.210. The van der Waals surface area contributed by atoms with Gasteiger partial charge in [-0.15, -0.1) is 0 Å². The summed E-state index contributed by atoms with van der Waals surface area (Å²) in [7, 11) is 3.19. The number of thiocarbonyl (C=S) groups is 1. The van der Waals surface area contributed by atoms with Crippen molar-refractivity contribution in [1.29, 1.82) is 0 Å². The first-order valence-corrected chi connectivity index (χ1v) is 16.1. The third-order valence-electron chi connectivity index (χ3n) is 8.21. The van der Waals surface area contributed by atoms with E-state index in [4.69, 9.17) is 26.7 Å². The average molecular weight is 642 g/mol.